The predicted octanol–water partition coefficient (Wildman–Crippen LogP) is 1.41. The third kappa shape index (κ3) is 2.54. The molecule has 6 heteroatoms. The monoisotopic (exact) mass is 274 g/mol. The Labute approximate surface area is 115 Å². The maximum atomic E-state index is 13.4. The number of rotatable bonds is 3. The molecule has 1 aliphatic heterocycles. The number of fused-ring (bicyclic) bond motifs is 1. The molecular weight excluding hydrogens is 259 g/mol. The van der Waals surface area contributed by atoms with Crippen molar-refractivity contribution in [2.75, 3.05) is 6.54 Å². The van der Waals surface area contributed by atoms with Crippen LogP contribution in [0.3, 0.4) is 0 Å². The molecule has 1 atom stereocenters. The van der Waals surface area contributed by atoms with Crippen molar-refractivity contribution in [2.24, 2.45) is 5.92 Å². The normalized spacial score (nSPS) is 17.6. The molecule has 0 aliphatic carbocycles. The molecule has 5 nitrogen and oxygen atoms in total. The average Bonchev–Trinajstić information content (AvgIpc) is 2.92. The number of aryl methyl sites for hydroxylation is 1. The van der Waals surface area contributed by atoms with Crippen molar-refractivity contribution < 1.29 is 9.18 Å². The number of carbonyl (C=O) groups is 1. The Morgan fingerprint density at radius 2 is 2.40 bits per heavy atom. The summed E-state index contributed by atoms with van der Waals surface area (Å²) in [7, 11) is 0. The fourth-order valence-electron chi connectivity index (χ4n) is 2.50. The van der Waals surface area contributed by atoms with Crippen LogP contribution in [0.25, 0.3) is 0 Å². The summed E-state index contributed by atoms with van der Waals surface area (Å²) >= 11 is 0. The molecule has 0 saturated carbocycles. The molecule has 1 aliphatic rings. The van der Waals surface area contributed by atoms with Crippen LogP contribution >= 0.6 is 0 Å². The molecular formula is C14H15FN4O. The van der Waals surface area contributed by atoms with Crippen LogP contribution in [0.5, 0.6) is 0 Å². The summed E-state index contributed by atoms with van der Waals surface area (Å²) in [6.07, 6.45) is 8.10. The first kappa shape index (κ1) is 12.8. The van der Waals surface area contributed by atoms with Crippen LogP contribution < -0.4 is 5.32 Å². The van der Waals surface area contributed by atoms with E-state index in [1.165, 1.54) is 12.3 Å². The molecule has 2 aromatic heterocycles. The van der Waals surface area contributed by atoms with Crippen LogP contribution in [-0.4, -0.2) is 27.0 Å². The molecule has 0 fully saturated rings. The molecule has 104 valence electrons. The second kappa shape index (κ2) is 5.40. The van der Waals surface area contributed by atoms with Crippen LogP contribution in [0.2, 0.25) is 0 Å². The summed E-state index contributed by atoms with van der Waals surface area (Å²) in [4.78, 5) is 19.8. The minimum Gasteiger partial charge on any atom is -0.352 e. The smallest absolute Gasteiger partial charge is 0.254 e. The Balaban J connectivity index is 1.58. The van der Waals surface area contributed by atoms with Crippen LogP contribution in [-0.2, 0) is 13.0 Å². The Morgan fingerprint density at radius 3 is 3.25 bits per heavy atom. The van der Waals surface area contributed by atoms with E-state index in [-0.39, 0.29) is 11.5 Å². The number of imidazole rings is 1. The fraction of sp³-hybridized carbons (Fsp3) is 0.357. The van der Waals surface area contributed by atoms with E-state index in [0.29, 0.717) is 12.5 Å². The summed E-state index contributed by atoms with van der Waals surface area (Å²) < 4.78 is 15.5. The van der Waals surface area contributed by atoms with Crippen molar-refractivity contribution in [3.8, 4) is 0 Å². The number of aromatic nitrogens is 3. The molecule has 2 aromatic rings. The molecule has 0 bridgehead atoms. The molecule has 1 N–H and O–H groups in total. The fourth-order valence-corrected chi connectivity index (χ4v) is 2.50. The van der Waals surface area contributed by atoms with Crippen molar-refractivity contribution in [1.29, 1.82) is 0 Å². The van der Waals surface area contributed by atoms with Crippen LogP contribution in [0.4, 0.5) is 4.39 Å². The highest BCUT2D eigenvalue weighted by atomic mass is 19.1. The molecule has 0 saturated heterocycles. The first-order chi connectivity index (χ1) is 9.74. The molecule has 20 heavy (non-hydrogen) atoms. The topological polar surface area (TPSA) is 59.8 Å². The molecule has 3 heterocycles. The first-order valence-corrected chi connectivity index (χ1v) is 6.62. The average molecular weight is 274 g/mol. The van der Waals surface area contributed by atoms with Gasteiger partial charge in [-0.2, -0.15) is 0 Å². The Hall–Kier alpha value is -2.24. The standard InChI is InChI=1S/C14H15FN4O/c15-12-8-16-4-3-11(12)14(20)18-7-10-1-2-13-17-5-6-19(13)9-10/h3-6,8,10H,1-2,7,9H2,(H,18,20)/t10-/m0/s1. The van der Waals surface area contributed by atoms with E-state index in [0.717, 1.165) is 31.4 Å². The lowest BCUT2D eigenvalue weighted by atomic mass is 9.99. The lowest BCUT2D eigenvalue weighted by molar-refractivity contribution is 0.0939. The van der Waals surface area contributed by atoms with Crippen molar-refractivity contribution >= 4 is 5.91 Å². The number of halogens is 1. The van der Waals surface area contributed by atoms with E-state index in [1.54, 1.807) is 6.20 Å². The summed E-state index contributed by atoms with van der Waals surface area (Å²) in [6.45, 7) is 1.38. The third-order valence-electron chi connectivity index (χ3n) is 3.60. The van der Waals surface area contributed by atoms with Gasteiger partial charge in [0.1, 0.15) is 5.82 Å². The number of amides is 1. The number of nitrogens with zero attached hydrogens (tertiary/aromatic N) is 3. The zero-order valence-corrected chi connectivity index (χ0v) is 10.9. The zero-order valence-electron chi connectivity index (χ0n) is 10.9. The Morgan fingerprint density at radius 1 is 1.50 bits per heavy atom. The highest BCUT2D eigenvalue weighted by molar-refractivity contribution is 5.94. The predicted molar refractivity (Wildman–Crippen MR) is 70.6 cm³/mol. The highest BCUT2D eigenvalue weighted by Crippen LogP contribution is 2.18. The number of carbonyl (C=O) groups excluding carboxylic acids is 1. The van der Waals surface area contributed by atoms with Gasteiger partial charge in [0.25, 0.3) is 5.91 Å². The number of nitrogens with one attached hydrogen (secondary N) is 1. The first-order valence-electron chi connectivity index (χ1n) is 6.62. The minimum atomic E-state index is -0.592. The largest absolute Gasteiger partial charge is 0.352 e. The van der Waals surface area contributed by atoms with Gasteiger partial charge in [-0.1, -0.05) is 0 Å². The molecule has 0 spiro atoms. The number of pyridine rings is 1. The lowest BCUT2D eigenvalue weighted by Crippen LogP contribution is -2.34. The quantitative estimate of drug-likeness (QED) is 0.920. The van der Waals surface area contributed by atoms with E-state index in [1.807, 2.05) is 6.20 Å². The number of hydrogen-bond donors (Lipinski definition) is 1. The van der Waals surface area contributed by atoms with E-state index in [4.69, 9.17) is 0 Å². The van der Waals surface area contributed by atoms with Gasteiger partial charge in [-0.3, -0.25) is 9.78 Å². The van der Waals surface area contributed by atoms with Gasteiger partial charge >= 0.3 is 0 Å². The van der Waals surface area contributed by atoms with Crippen LogP contribution in [0.15, 0.2) is 30.9 Å². The SMILES string of the molecule is O=C(NC[C@@H]1CCc2nccn2C1)c1ccncc1F. The van der Waals surface area contributed by atoms with Crippen LogP contribution in [0, 0.1) is 11.7 Å². The van der Waals surface area contributed by atoms with E-state index < -0.39 is 5.82 Å². The van der Waals surface area contributed by atoms with E-state index in [2.05, 4.69) is 19.9 Å². The highest BCUT2D eigenvalue weighted by Gasteiger charge is 2.20. The van der Waals surface area contributed by atoms with Crippen molar-refractivity contribution in [1.82, 2.24) is 19.9 Å². The number of hydrogen-bond acceptors (Lipinski definition) is 3. The van der Waals surface area contributed by atoms with E-state index >= 15 is 0 Å². The summed E-state index contributed by atoms with van der Waals surface area (Å²) in [6, 6.07) is 1.39. The molecule has 0 radical (unpaired) electrons. The van der Waals surface area contributed by atoms with Crippen molar-refractivity contribution in [2.45, 2.75) is 19.4 Å². The van der Waals surface area contributed by atoms with Gasteiger partial charge in [0.05, 0.1) is 11.8 Å². The lowest BCUT2D eigenvalue weighted by Gasteiger charge is -2.23. The Kier molecular flexibility index (Phi) is 3.45. The van der Waals surface area contributed by atoms with Gasteiger partial charge in [-0.25, -0.2) is 9.37 Å². The molecule has 0 unspecified atom stereocenters. The van der Waals surface area contributed by atoms with Gasteiger partial charge in [-0.05, 0) is 18.4 Å². The summed E-state index contributed by atoms with van der Waals surface area (Å²) in [5.74, 6) is 0.463. The van der Waals surface area contributed by atoms with Crippen LogP contribution in [0.1, 0.15) is 22.6 Å². The summed E-state index contributed by atoms with van der Waals surface area (Å²) in [5, 5.41) is 2.79. The maximum Gasteiger partial charge on any atom is 0.254 e. The van der Waals surface area contributed by atoms with Gasteiger partial charge in [0.15, 0.2) is 5.82 Å². The Bertz CT molecular complexity index is 625. The van der Waals surface area contributed by atoms with Gasteiger partial charge in [0.2, 0.25) is 0 Å². The minimum absolute atomic E-state index is 0.0409. The maximum absolute atomic E-state index is 13.4. The van der Waals surface area contributed by atoms with Gasteiger partial charge in [-0.15, -0.1) is 0 Å². The second-order valence-electron chi connectivity index (χ2n) is 4.97. The van der Waals surface area contributed by atoms with Gasteiger partial charge in [0, 0.05) is 38.1 Å². The molecule has 1 amide bonds. The van der Waals surface area contributed by atoms with Crippen molar-refractivity contribution in [3.63, 3.8) is 0 Å². The van der Waals surface area contributed by atoms with Crippen molar-refractivity contribution in [3.05, 3.63) is 48.1 Å². The molecule has 0 aromatic carbocycles. The molecule has 3 rings (SSSR count). The van der Waals surface area contributed by atoms with Gasteiger partial charge < -0.3 is 9.88 Å². The summed E-state index contributed by atoms with van der Waals surface area (Å²) in [5.41, 5.74) is 0.0409. The van der Waals surface area contributed by atoms with E-state index in [9.17, 15) is 9.18 Å². The third-order valence-corrected chi connectivity index (χ3v) is 3.60. The zero-order chi connectivity index (χ0) is 13.9. The second-order valence-corrected chi connectivity index (χ2v) is 4.97.